The Morgan fingerprint density at radius 2 is 1.81 bits per heavy atom. The van der Waals surface area contributed by atoms with Gasteiger partial charge in [-0.25, -0.2) is 4.98 Å². The van der Waals surface area contributed by atoms with Crippen molar-refractivity contribution in [3.05, 3.63) is 60.3 Å². The van der Waals surface area contributed by atoms with Crippen LogP contribution in [0.1, 0.15) is 10.4 Å². The first-order chi connectivity index (χ1) is 14.7. The summed E-state index contributed by atoms with van der Waals surface area (Å²) in [5, 5.41) is 2.57. The van der Waals surface area contributed by atoms with Crippen LogP contribution in [0.5, 0.6) is 23.0 Å². The van der Waals surface area contributed by atoms with Crippen LogP contribution in [0.2, 0.25) is 0 Å². The van der Waals surface area contributed by atoms with Crippen LogP contribution in [0.4, 0.5) is 30.4 Å². The summed E-state index contributed by atoms with van der Waals surface area (Å²) in [6.07, 6.45) is -3.45. The molecule has 2 aromatic carbocycles. The lowest BCUT2D eigenvalue weighted by Gasteiger charge is -2.14. The van der Waals surface area contributed by atoms with Crippen LogP contribution in [0, 0.1) is 0 Å². The van der Waals surface area contributed by atoms with Crippen molar-refractivity contribution in [1.82, 2.24) is 4.98 Å². The third kappa shape index (κ3) is 5.47. The smallest absolute Gasteiger partial charge is 0.493 e. The van der Waals surface area contributed by atoms with Crippen LogP contribution in [0.15, 0.2) is 54.7 Å². The van der Waals surface area contributed by atoms with Crippen molar-refractivity contribution in [2.45, 2.75) is 6.36 Å². The fraction of sp³-hybridized carbons (Fsp3) is 0.100. The number of benzene rings is 2. The predicted octanol–water partition coefficient (Wildman–Crippen LogP) is 4.20. The highest BCUT2D eigenvalue weighted by Gasteiger charge is 2.31. The molecule has 5 N–H and O–H groups in total. The molecular weight excluding hydrogens is 417 g/mol. The highest BCUT2D eigenvalue weighted by Crippen LogP contribution is 2.37. The van der Waals surface area contributed by atoms with E-state index in [2.05, 4.69) is 15.0 Å². The molecular formula is C20H17F3N4O4. The zero-order chi connectivity index (χ0) is 22.6. The maximum absolute atomic E-state index is 12.5. The van der Waals surface area contributed by atoms with Crippen molar-refractivity contribution in [1.29, 1.82) is 0 Å². The highest BCUT2D eigenvalue weighted by atomic mass is 19.4. The molecule has 1 amide bonds. The molecule has 0 unspecified atom stereocenters. The molecule has 31 heavy (non-hydrogen) atoms. The monoisotopic (exact) mass is 434 g/mol. The van der Waals surface area contributed by atoms with Crippen molar-refractivity contribution in [3.8, 4) is 23.0 Å². The molecule has 0 fully saturated rings. The SMILES string of the molecule is COc1ccc(NC(=O)c2cccc(OC(F)(F)F)c2)cc1Oc1ccnc(N)c1N. The zero-order valence-electron chi connectivity index (χ0n) is 16.1. The number of anilines is 3. The maximum Gasteiger partial charge on any atom is 0.573 e. The molecule has 8 nitrogen and oxygen atoms in total. The Hall–Kier alpha value is -4.15. The van der Waals surface area contributed by atoms with E-state index in [1.54, 1.807) is 0 Å². The van der Waals surface area contributed by atoms with Crippen molar-refractivity contribution in [2.75, 3.05) is 23.9 Å². The number of alkyl halides is 3. The van der Waals surface area contributed by atoms with Crippen LogP contribution in [0.25, 0.3) is 0 Å². The minimum absolute atomic E-state index is 0.0359. The fourth-order valence-electron chi connectivity index (χ4n) is 2.55. The number of nitrogens with one attached hydrogen (secondary N) is 1. The van der Waals surface area contributed by atoms with E-state index in [1.807, 2.05) is 0 Å². The van der Waals surface area contributed by atoms with Gasteiger partial charge in [0, 0.05) is 29.6 Å². The molecule has 0 aliphatic heterocycles. The number of hydrogen-bond donors (Lipinski definition) is 3. The molecule has 11 heteroatoms. The summed E-state index contributed by atoms with van der Waals surface area (Å²) < 4.78 is 52.0. The van der Waals surface area contributed by atoms with E-state index < -0.39 is 18.0 Å². The summed E-state index contributed by atoms with van der Waals surface area (Å²) >= 11 is 0. The van der Waals surface area contributed by atoms with Gasteiger partial charge in [-0.2, -0.15) is 0 Å². The number of rotatable bonds is 6. The lowest BCUT2D eigenvalue weighted by molar-refractivity contribution is -0.274. The van der Waals surface area contributed by atoms with Crippen molar-refractivity contribution in [3.63, 3.8) is 0 Å². The molecule has 0 spiro atoms. The second-order valence-electron chi connectivity index (χ2n) is 6.11. The molecule has 0 atom stereocenters. The van der Waals surface area contributed by atoms with E-state index in [9.17, 15) is 18.0 Å². The third-order valence-corrected chi connectivity index (χ3v) is 3.95. The van der Waals surface area contributed by atoms with Gasteiger partial charge in [-0.15, -0.1) is 13.2 Å². The Bertz CT molecular complexity index is 1110. The van der Waals surface area contributed by atoms with Gasteiger partial charge in [0.2, 0.25) is 0 Å². The molecule has 1 heterocycles. The fourth-order valence-corrected chi connectivity index (χ4v) is 2.55. The lowest BCUT2D eigenvalue weighted by Crippen LogP contribution is -2.18. The van der Waals surface area contributed by atoms with E-state index in [1.165, 1.54) is 49.7 Å². The van der Waals surface area contributed by atoms with Gasteiger partial charge in [-0.1, -0.05) is 6.07 Å². The van der Waals surface area contributed by atoms with Gasteiger partial charge in [0.15, 0.2) is 17.2 Å². The van der Waals surface area contributed by atoms with E-state index in [-0.39, 0.29) is 28.6 Å². The highest BCUT2D eigenvalue weighted by molar-refractivity contribution is 6.04. The van der Waals surface area contributed by atoms with Gasteiger partial charge < -0.3 is 31.0 Å². The van der Waals surface area contributed by atoms with Gasteiger partial charge in [-0.05, 0) is 30.3 Å². The molecule has 3 rings (SSSR count). The van der Waals surface area contributed by atoms with Crippen LogP contribution in [-0.2, 0) is 0 Å². The van der Waals surface area contributed by atoms with E-state index in [0.29, 0.717) is 11.4 Å². The first-order valence-electron chi connectivity index (χ1n) is 8.69. The van der Waals surface area contributed by atoms with Gasteiger partial charge in [-0.3, -0.25) is 4.79 Å². The summed E-state index contributed by atoms with van der Waals surface area (Å²) in [6, 6.07) is 10.7. The summed E-state index contributed by atoms with van der Waals surface area (Å²) in [6.45, 7) is 0. The number of carbonyl (C=O) groups is 1. The molecule has 0 saturated heterocycles. The van der Waals surface area contributed by atoms with Crippen LogP contribution < -0.4 is 31.0 Å². The number of hydrogen-bond acceptors (Lipinski definition) is 7. The number of nitrogens with two attached hydrogens (primary N) is 2. The van der Waals surface area contributed by atoms with E-state index in [0.717, 1.165) is 12.1 Å². The Labute approximate surface area is 174 Å². The number of methoxy groups -OCH3 is 1. The number of nitrogen functional groups attached to an aromatic ring is 2. The third-order valence-electron chi connectivity index (χ3n) is 3.95. The average molecular weight is 434 g/mol. The average Bonchev–Trinajstić information content (AvgIpc) is 2.70. The van der Waals surface area contributed by atoms with Crippen molar-refractivity contribution < 1.29 is 32.2 Å². The quantitative estimate of drug-likeness (QED) is 0.532. The molecule has 162 valence electrons. The molecule has 0 aliphatic rings. The minimum atomic E-state index is -4.87. The summed E-state index contributed by atoms with van der Waals surface area (Å²) in [7, 11) is 1.43. The molecule has 1 aromatic heterocycles. The number of nitrogens with zero attached hydrogens (tertiary/aromatic N) is 1. The lowest BCUT2D eigenvalue weighted by atomic mass is 10.2. The van der Waals surface area contributed by atoms with Gasteiger partial charge >= 0.3 is 6.36 Å². The molecule has 0 aliphatic carbocycles. The second kappa shape index (κ2) is 8.69. The van der Waals surface area contributed by atoms with Crippen molar-refractivity contribution >= 4 is 23.1 Å². The number of halogens is 3. The number of amides is 1. The van der Waals surface area contributed by atoms with Crippen LogP contribution >= 0.6 is 0 Å². The standard InChI is InChI=1S/C20H17F3N4O4/c1-29-14-6-5-12(10-16(14)30-15-7-8-26-18(25)17(15)24)27-19(28)11-3-2-4-13(9-11)31-20(21,22)23/h2-10H,24H2,1H3,(H2,25,26)(H,27,28). The van der Waals surface area contributed by atoms with Crippen molar-refractivity contribution in [2.24, 2.45) is 0 Å². The topological polar surface area (TPSA) is 122 Å². The van der Waals surface area contributed by atoms with Crippen LogP contribution in [0.3, 0.4) is 0 Å². The van der Waals surface area contributed by atoms with Gasteiger partial charge in [0.25, 0.3) is 5.91 Å². The summed E-state index contributed by atoms with van der Waals surface area (Å²) in [4.78, 5) is 16.3. The predicted molar refractivity (Wildman–Crippen MR) is 107 cm³/mol. The normalized spacial score (nSPS) is 11.0. The van der Waals surface area contributed by atoms with Gasteiger partial charge in [0.05, 0.1) is 7.11 Å². The Morgan fingerprint density at radius 3 is 2.52 bits per heavy atom. The number of ether oxygens (including phenoxy) is 3. The van der Waals surface area contributed by atoms with Crippen LogP contribution in [-0.4, -0.2) is 24.4 Å². The minimum Gasteiger partial charge on any atom is -0.493 e. The number of aromatic nitrogens is 1. The number of pyridine rings is 1. The van der Waals surface area contributed by atoms with E-state index in [4.69, 9.17) is 20.9 Å². The molecule has 3 aromatic rings. The zero-order valence-corrected chi connectivity index (χ0v) is 16.1. The number of carbonyl (C=O) groups excluding carboxylic acids is 1. The first kappa shape index (κ1) is 21.6. The second-order valence-corrected chi connectivity index (χ2v) is 6.11. The summed E-state index contributed by atoms with van der Waals surface area (Å²) in [5.74, 6) is -0.297. The molecule has 0 bridgehead atoms. The Kier molecular flexibility index (Phi) is 6.05. The Morgan fingerprint density at radius 1 is 1.03 bits per heavy atom. The maximum atomic E-state index is 12.5. The Balaban J connectivity index is 1.82. The van der Waals surface area contributed by atoms with Gasteiger partial charge in [0.1, 0.15) is 17.3 Å². The van der Waals surface area contributed by atoms with E-state index >= 15 is 0 Å². The largest absolute Gasteiger partial charge is 0.573 e. The molecule has 0 radical (unpaired) electrons. The molecule has 0 saturated carbocycles. The first-order valence-corrected chi connectivity index (χ1v) is 8.69. The summed E-state index contributed by atoms with van der Waals surface area (Å²) in [5.41, 5.74) is 11.9.